The molecule has 108 valence electrons. The third-order valence-electron chi connectivity index (χ3n) is 3.24. The Morgan fingerprint density at radius 2 is 2.00 bits per heavy atom. The summed E-state index contributed by atoms with van der Waals surface area (Å²) in [6, 6.07) is 8.35. The van der Waals surface area contributed by atoms with Crippen LogP contribution in [-0.4, -0.2) is 18.1 Å². The summed E-state index contributed by atoms with van der Waals surface area (Å²) in [6.45, 7) is 8.35. The summed E-state index contributed by atoms with van der Waals surface area (Å²) in [5, 5.41) is 3.44. The van der Waals surface area contributed by atoms with E-state index in [1.807, 2.05) is 12.3 Å². The van der Waals surface area contributed by atoms with Crippen molar-refractivity contribution in [3.8, 4) is 0 Å². The van der Waals surface area contributed by atoms with Crippen molar-refractivity contribution in [3.05, 3.63) is 39.7 Å². The maximum atomic E-state index is 5.97. The lowest BCUT2D eigenvalue weighted by Crippen LogP contribution is -2.22. The van der Waals surface area contributed by atoms with Gasteiger partial charge in [-0.3, -0.25) is 0 Å². The summed E-state index contributed by atoms with van der Waals surface area (Å²) in [6.07, 6.45) is 1.89. The van der Waals surface area contributed by atoms with Crippen LogP contribution >= 0.6 is 22.9 Å². The van der Waals surface area contributed by atoms with Gasteiger partial charge >= 0.3 is 0 Å². The molecular weight excluding hydrogens is 290 g/mol. The normalized spacial score (nSPS) is 12.2. The average molecular weight is 310 g/mol. The molecule has 0 spiro atoms. The lowest BCUT2D eigenvalue weighted by molar-refractivity contribution is 0.844. The predicted molar refractivity (Wildman–Crippen MR) is 89.2 cm³/mol. The van der Waals surface area contributed by atoms with Crippen molar-refractivity contribution in [2.45, 2.75) is 26.8 Å². The van der Waals surface area contributed by atoms with Crippen LogP contribution in [0.5, 0.6) is 0 Å². The van der Waals surface area contributed by atoms with E-state index in [0.717, 1.165) is 28.9 Å². The van der Waals surface area contributed by atoms with Gasteiger partial charge in [0.25, 0.3) is 0 Å². The van der Waals surface area contributed by atoms with Crippen LogP contribution in [0.4, 0.5) is 11.5 Å². The molecule has 1 N–H and O–H groups in total. The molecule has 0 aliphatic heterocycles. The van der Waals surface area contributed by atoms with Crippen LogP contribution in [-0.2, 0) is 0 Å². The van der Waals surface area contributed by atoms with Gasteiger partial charge in [-0.05, 0) is 45.0 Å². The molecule has 1 unspecified atom stereocenters. The number of aromatic nitrogens is 1. The Balaban J connectivity index is 2.03. The molecule has 1 atom stereocenters. The SMILES string of the molecule is CCN(CC)c1ccc(NC(C)c2ccc(Cl)s2)cn1. The van der Waals surface area contributed by atoms with Crippen LogP contribution in [0.25, 0.3) is 0 Å². The van der Waals surface area contributed by atoms with Crippen LogP contribution in [0.3, 0.4) is 0 Å². The third kappa shape index (κ3) is 3.64. The van der Waals surface area contributed by atoms with Crippen LogP contribution in [0, 0.1) is 0 Å². The maximum absolute atomic E-state index is 5.97. The molecule has 0 fully saturated rings. The summed E-state index contributed by atoms with van der Waals surface area (Å²) in [5.41, 5.74) is 1.03. The highest BCUT2D eigenvalue weighted by atomic mass is 35.5. The monoisotopic (exact) mass is 309 g/mol. The molecule has 3 nitrogen and oxygen atoms in total. The number of nitrogens with one attached hydrogen (secondary N) is 1. The first kappa shape index (κ1) is 15.1. The van der Waals surface area contributed by atoms with E-state index in [4.69, 9.17) is 11.6 Å². The second-order valence-electron chi connectivity index (χ2n) is 4.59. The van der Waals surface area contributed by atoms with Crippen LogP contribution in [0.1, 0.15) is 31.7 Å². The molecule has 0 saturated carbocycles. The van der Waals surface area contributed by atoms with Gasteiger partial charge in [0.1, 0.15) is 5.82 Å². The molecule has 2 aromatic heterocycles. The van der Waals surface area contributed by atoms with E-state index in [0.29, 0.717) is 0 Å². The van der Waals surface area contributed by atoms with E-state index in [2.05, 4.69) is 54.2 Å². The Kier molecular flexibility index (Phi) is 5.26. The average Bonchev–Trinajstić information content (AvgIpc) is 2.89. The number of hydrogen-bond donors (Lipinski definition) is 1. The van der Waals surface area contributed by atoms with Gasteiger partial charge in [-0.15, -0.1) is 11.3 Å². The zero-order valence-corrected chi connectivity index (χ0v) is 13.6. The molecule has 2 heterocycles. The van der Waals surface area contributed by atoms with E-state index >= 15 is 0 Å². The first-order valence-electron chi connectivity index (χ1n) is 6.86. The van der Waals surface area contributed by atoms with Crippen molar-refractivity contribution in [2.75, 3.05) is 23.3 Å². The summed E-state index contributed by atoms with van der Waals surface area (Å²) >= 11 is 7.57. The molecule has 0 aliphatic rings. The molecule has 0 radical (unpaired) electrons. The van der Waals surface area contributed by atoms with Crippen molar-refractivity contribution >= 4 is 34.4 Å². The van der Waals surface area contributed by atoms with Crippen LogP contribution in [0.2, 0.25) is 4.34 Å². The Morgan fingerprint density at radius 3 is 2.50 bits per heavy atom. The van der Waals surface area contributed by atoms with Crippen molar-refractivity contribution in [1.29, 1.82) is 0 Å². The lowest BCUT2D eigenvalue weighted by atomic mass is 10.2. The molecule has 5 heteroatoms. The second-order valence-corrected chi connectivity index (χ2v) is 6.33. The van der Waals surface area contributed by atoms with Gasteiger partial charge in [0.15, 0.2) is 0 Å². The number of pyridine rings is 1. The largest absolute Gasteiger partial charge is 0.376 e. The van der Waals surface area contributed by atoms with E-state index in [1.165, 1.54) is 4.88 Å². The minimum absolute atomic E-state index is 0.230. The van der Waals surface area contributed by atoms with Gasteiger partial charge < -0.3 is 10.2 Å². The fourth-order valence-electron chi connectivity index (χ4n) is 2.09. The zero-order chi connectivity index (χ0) is 14.5. The molecule has 2 aromatic rings. The number of rotatable bonds is 6. The van der Waals surface area contributed by atoms with Gasteiger partial charge in [0, 0.05) is 18.0 Å². The molecule has 0 saturated heterocycles. The predicted octanol–water partition coefficient (Wildman–Crippen LogP) is 4.82. The number of halogens is 1. The van der Waals surface area contributed by atoms with Crippen LogP contribution in [0.15, 0.2) is 30.5 Å². The Bertz CT molecular complexity index is 534. The first-order valence-corrected chi connectivity index (χ1v) is 8.06. The minimum Gasteiger partial charge on any atom is -0.376 e. The lowest BCUT2D eigenvalue weighted by Gasteiger charge is -2.20. The molecule has 0 bridgehead atoms. The summed E-state index contributed by atoms with van der Waals surface area (Å²) in [7, 11) is 0. The van der Waals surface area contributed by atoms with Crippen molar-refractivity contribution in [3.63, 3.8) is 0 Å². The topological polar surface area (TPSA) is 28.2 Å². The molecule has 20 heavy (non-hydrogen) atoms. The fraction of sp³-hybridized carbons (Fsp3) is 0.400. The Labute approximate surface area is 129 Å². The molecule has 0 aliphatic carbocycles. The van der Waals surface area contributed by atoms with E-state index in [9.17, 15) is 0 Å². The summed E-state index contributed by atoms with van der Waals surface area (Å²) in [4.78, 5) is 7.97. The van der Waals surface area contributed by atoms with Crippen LogP contribution < -0.4 is 10.2 Å². The quantitative estimate of drug-likeness (QED) is 0.829. The molecule has 2 rings (SSSR count). The van der Waals surface area contributed by atoms with Gasteiger partial charge in [0.2, 0.25) is 0 Å². The Morgan fingerprint density at radius 1 is 1.25 bits per heavy atom. The number of hydrogen-bond acceptors (Lipinski definition) is 4. The van der Waals surface area contributed by atoms with E-state index in [1.54, 1.807) is 11.3 Å². The van der Waals surface area contributed by atoms with Gasteiger partial charge in [0.05, 0.1) is 22.3 Å². The molecule has 0 aromatic carbocycles. The first-order chi connectivity index (χ1) is 9.63. The summed E-state index contributed by atoms with van der Waals surface area (Å²) < 4.78 is 0.823. The third-order valence-corrected chi connectivity index (χ3v) is 4.65. The highest BCUT2D eigenvalue weighted by molar-refractivity contribution is 7.16. The van der Waals surface area contributed by atoms with Gasteiger partial charge in [-0.25, -0.2) is 4.98 Å². The summed E-state index contributed by atoms with van der Waals surface area (Å²) in [5.74, 6) is 1.02. The van der Waals surface area contributed by atoms with Gasteiger partial charge in [-0.2, -0.15) is 0 Å². The smallest absolute Gasteiger partial charge is 0.128 e. The molecular formula is C15H20ClN3S. The highest BCUT2D eigenvalue weighted by Gasteiger charge is 2.09. The van der Waals surface area contributed by atoms with Crippen molar-refractivity contribution in [2.24, 2.45) is 0 Å². The standard InChI is InChI=1S/C15H20ClN3S/c1-4-19(5-2)15-9-6-12(10-17-15)18-11(3)13-7-8-14(16)20-13/h6-11,18H,4-5H2,1-3H3. The highest BCUT2D eigenvalue weighted by Crippen LogP contribution is 2.29. The minimum atomic E-state index is 0.230. The van der Waals surface area contributed by atoms with Crippen molar-refractivity contribution < 1.29 is 0 Å². The van der Waals surface area contributed by atoms with E-state index in [-0.39, 0.29) is 6.04 Å². The number of anilines is 2. The second kappa shape index (κ2) is 6.95. The van der Waals surface area contributed by atoms with E-state index < -0.39 is 0 Å². The number of thiophene rings is 1. The maximum Gasteiger partial charge on any atom is 0.128 e. The zero-order valence-electron chi connectivity index (χ0n) is 12.1. The van der Waals surface area contributed by atoms with Crippen molar-refractivity contribution in [1.82, 2.24) is 4.98 Å². The number of nitrogens with zero attached hydrogens (tertiary/aromatic N) is 2. The molecule has 0 amide bonds. The Hall–Kier alpha value is -1.26. The fourth-order valence-corrected chi connectivity index (χ4v) is 3.15. The van der Waals surface area contributed by atoms with Gasteiger partial charge in [-0.1, -0.05) is 11.6 Å².